The topological polar surface area (TPSA) is 118 Å². The van der Waals surface area contributed by atoms with Crippen LogP contribution in [0.5, 0.6) is 0 Å². The van der Waals surface area contributed by atoms with E-state index in [1.807, 2.05) is 31.2 Å². The van der Waals surface area contributed by atoms with Gasteiger partial charge in [-0.25, -0.2) is 13.1 Å². The molecule has 0 unspecified atom stereocenters. The number of imide groups is 1. The van der Waals surface area contributed by atoms with E-state index in [9.17, 15) is 22.8 Å². The Morgan fingerprint density at radius 2 is 1.73 bits per heavy atom. The lowest BCUT2D eigenvalue weighted by molar-refractivity contribution is -0.116. The predicted molar refractivity (Wildman–Crippen MR) is 120 cm³/mol. The third kappa shape index (κ3) is 3.72. The number of sulfone groups is 1. The molecule has 1 N–H and O–H groups in total. The summed E-state index contributed by atoms with van der Waals surface area (Å²) in [6.07, 6.45) is -0.133. The van der Waals surface area contributed by atoms with Crippen LogP contribution < -0.4 is 5.32 Å². The molecule has 2 aromatic carbocycles. The molecule has 3 amide bonds. The van der Waals surface area contributed by atoms with Crippen LogP contribution in [0.2, 0.25) is 0 Å². The molecule has 1 aromatic heterocycles. The molecule has 2 aliphatic rings. The second-order valence-electron chi connectivity index (χ2n) is 8.16. The van der Waals surface area contributed by atoms with Crippen molar-refractivity contribution in [2.45, 2.75) is 24.9 Å². The summed E-state index contributed by atoms with van der Waals surface area (Å²) in [6.45, 7) is 1.84. The number of nitrogens with zero attached hydrogens (tertiary/aromatic N) is 3. The van der Waals surface area contributed by atoms with E-state index in [1.54, 1.807) is 24.3 Å². The average molecular weight is 465 g/mol. The number of amides is 3. The quantitative estimate of drug-likeness (QED) is 0.579. The molecule has 168 valence electrons. The first-order chi connectivity index (χ1) is 15.7. The fourth-order valence-corrected chi connectivity index (χ4v) is 5.66. The summed E-state index contributed by atoms with van der Waals surface area (Å²) < 4.78 is 25.8. The largest absolute Gasteiger partial charge is 0.310 e. The molecule has 9 nitrogen and oxygen atoms in total. The van der Waals surface area contributed by atoms with Gasteiger partial charge >= 0.3 is 0 Å². The lowest BCUT2D eigenvalue weighted by Gasteiger charge is -2.15. The number of carbonyl (C=O) groups is 3. The number of aryl methyl sites for hydroxylation is 1. The highest BCUT2D eigenvalue weighted by Gasteiger charge is 2.36. The molecule has 0 atom stereocenters. The van der Waals surface area contributed by atoms with Gasteiger partial charge in [-0.1, -0.05) is 24.3 Å². The standard InChI is InChI=1S/C23H20N4O5S/c1-14-5-4-6-15(11-14)27-21(18-12-33(31,32)13-19(18)25-27)24-20(28)9-10-26-22(29)16-7-2-3-8-17(16)23(26)30/h2-8,11H,9-10,12-13H2,1H3,(H,24,28). The minimum Gasteiger partial charge on any atom is -0.310 e. The fourth-order valence-electron chi connectivity index (χ4n) is 4.17. The molecule has 0 radical (unpaired) electrons. The summed E-state index contributed by atoms with van der Waals surface area (Å²) in [5, 5.41) is 7.21. The maximum absolute atomic E-state index is 12.8. The van der Waals surface area contributed by atoms with Crippen LogP contribution in [-0.2, 0) is 26.1 Å². The van der Waals surface area contributed by atoms with E-state index in [4.69, 9.17) is 0 Å². The van der Waals surface area contributed by atoms with Gasteiger partial charge in [0, 0.05) is 18.5 Å². The van der Waals surface area contributed by atoms with Crippen molar-refractivity contribution in [3.05, 3.63) is 76.5 Å². The monoisotopic (exact) mass is 464 g/mol. The van der Waals surface area contributed by atoms with E-state index in [1.165, 1.54) is 4.68 Å². The number of hydrogen-bond acceptors (Lipinski definition) is 6. The smallest absolute Gasteiger partial charge is 0.261 e. The van der Waals surface area contributed by atoms with Crippen molar-refractivity contribution in [2.24, 2.45) is 0 Å². The van der Waals surface area contributed by atoms with Crippen molar-refractivity contribution in [1.29, 1.82) is 0 Å². The van der Waals surface area contributed by atoms with E-state index in [0.717, 1.165) is 10.5 Å². The Morgan fingerprint density at radius 1 is 1.03 bits per heavy atom. The lowest BCUT2D eigenvalue weighted by atomic mass is 10.1. The zero-order valence-electron chi connectivity index (χ0n) is 17.7. The molecule has 0 spiro atoms. The number of benzene rings is 2. The molecule has 5 rings (SSSR count). The first-order valence-electron chi connectivity index (χ1n) is 10.4. The summed E-state index contributed by atoms with van der Waals surface area (Å²) in [5.41, 5.74) is 3.20. The van der Waals surface area contributed by atoms with Crippen molar-refractivity contribution in [2.75, 3.05) is 11.9 Å². The molecule has 3 heterocycles. The van der Waals surface area contributed by atoms with Gasteiger partial charge in [0.25, 0.3) is 11.8 Å². The molecule has 0 aliphatic carbocycles. The van der Waals surface area contributed by atoms with Gasteiger partial charge in [-0.3, -0.25) is 19.3 Å². The third-order valence-electron chi connectivity index (χ3n) is 5.73. The van der Waals surface area contributed by atoms with Crippen LogP contribution in [0.1, 0.15) is 44.0 Å². The molecule has 0 bridgehead atoms. The van der Waals surface area contributed by atoms with E-state index >= 15 is 0 Å². The van der Waals surface area contributed by atoms with Crippen molar-refractivity contribution < 1.29 is 22.8 Å². The van der Waals surface area contributed by atoms with Crippen molar-refractivity contribution in [3.63, 3.8) is 0 Å². The zero-order chi connectivity index (χ0) is 23.3. The van der Waals surface area contributed by atoms with E-state index < -0.39 is 27.6 Å². The Hall–Kier alpha value is -3.79. The molecule has 33 heavy (non-hydrogen) atoms. The molecule has 0 saturated heterocycles. The number of rotatable bonds is 5. The Morgan fingerprint density at radius 3 is 2.39 bits per heavy atom. The summed E-state index contributed by atoms with van der Waals surface area (Å²) >= 11 is 0. The Kier molecular flexibility index (Phi) is 4.89. The summed E-state index contributed by atoms with van der Waals surface area (Å²) in [6, 6.07) is 14.0. The van der Waals surface area contributed by atoms with Gasteiger partial charge in [0.05, 0.1) is 34.0 Å². The summed E-state index contributed by atoms with van der Waals surface area (Å²) in [7, 11) is -3.32. The maximum atomic E-state index is 12.8. The van der Waals surface area contributed by atoms with Crippen LogP contribution in [0.15, 0.2) is 48.5 Å². The van der Waals surface area contributed by atoms with E-state index in [0.29, 0.717) is 33.9 Å². The lowest BCUT2D eigenvalue weighted by Crippen LogP contribution is -2.33. The molecule has 2 aliphatic heterocycles. The Labute approximate surface area is 189 Å². The van der Waals surface area contributed by atoms with Gasteiger partial charge < -0.3 is 5.32 Å². The highest BCUT2D eigenvalue weighted by Crippen LogP contribution is 2.33. The van der Waals surface area contributed by atoms with Crippen LogP contribution in [0.3, 0.4) is 0 Å². The number of fused-ring (bicyclic) bond motifs is 2. The first kappa shape index (κ1) is 21.1. The Bertz CT molecular complexity index is 1410. The van der Waals surface area contributed by atoms with Gasteiger partial charge in [-0.2, -0.15) is 5.10 Å². The van der Waals surface area contributed by atoms with Crippen LogP contribution in [0.4, 0.5) is 5.82 Å². The van der Waals surface area contributed by atoms with Gasteiger partial charge in [-0.05, 0) is 36.8 Å². The number of carbonyl (C=O) groups excluding carboxylic acids is 3. The minimum atomic E-state index is -3.32. The van der Waals surface area contributed by atoms with Crippen molar-refractivity contribution >= 4 is 33.4 Å². The summed E-state index contributed by atoms with van der Waals surface area (Å²) in [5.74, 6) is -1.40. The molecular weight excluding hydrogens is 444 g/mol. The van der Waals surface area contributed by atoms with Crippen molar-refractivity contribution in [1.82, 2.24) is 14.7 Å². The average Bonchev–Trinajstić information content (AvgIpc) is 3.34. The molecule has 0 saturated carbocycles. The zero-order valence-corrected chi connectivity index (χ0v) is 18.6. The molecule has 0 fully saturated rings. The van der Waals surface area contributed by atoms with Gasteiger partial charge in [0.15, 0.2) is 9.84 Å². The highest BCUT2D eigenvalue weighted by atomic mass is 32.2. The second-order valence-corrected chi connectivity index (χ2v) is 10.2. The normalized spacial score (nSPS) is 16.1. The second kappa shape index (κ2) is 7.66. The molecular formula is C23H20N4O5S. The molecule has 3 aromatic rings. The Balaban J connectivity index is 1.38. The predicted octanol–water partition coefficient (Wildman–Crippen LogP) is 2.23. The summed E-state index contributed by atoms with van der Waals surface area (Å²) in [4.78, 5) is 38.9. The third-order valence-corrected chi connectivity index (χ3v) is 7.17. The number of aromatic nitrogens is 2. The van der Waals surface area contributed by atoms with E-state index in [2.05, 4.69) is 10.4 Å². The van der Waals surface area contributed by atoms with Crippen LogP contribution in [-0.4, -0.2) is 47.4 Å². The molecule has 10 heteroatoms. The highest BCUT2D eigenvalue weighted by molar-refractivity contribution is 7.90. The van der Waals surface area contributed by atoms with Crippen LogP contribution in [0, 0.1) is 6.92 Å². The van der Waals surface area contributed by atoms with Crippen LogP contribution in [0.25, 0.3) is 5.69 Å². The number of nitrogens with one attached hydrogen (secondary N) is 1. The van der Waals surface area contributed by atoms with Gasteiger partial charge in [-0.15, -0.1) is 0 Å². The first-order valence-corrected chi connectivity index (χ1v) is 12.2. The van der Waals surface area contributed by atoms with E-state index in [-0.39, 0.29) is 24.5 Å². The number of hydrogen-bond donors (Lipinski definition) is 1. The van der Waals surface area contributed by atoms with Gasteiger partial charge in [0.1, 0.15) is 5.82 Å². The number of anilines is 1. The minimum absolute atomic E-state index is 0.0861. The van der Waals surface area contributed by atoms with Crippen LogP contribution >= 0.6 is 0 Å². The maximum Gasteiger partial charge on any atom is 0.261 e. The SMILES string of the molecule is Cc1cccc(-n2nc3c(c2NC(=O)CCN2C(=O)c4ccccc4C2=O)CS(=O)(=O)C3)c1. The van der Waals surface area contributed by atoms with Gasteiger partial charge in [0.2, 0.25) is 5.91 Å². The fraction of sp³-hybridized carbons (Fsp3) is 0.217. The van der Waals surface area contributed by atoms with Crippen molar-refractivity contribution in [3.8, 4) is 5.69 Å².